The van der Waals surface area contributed by atoms with Gasteiger partial charge < -0.3 is 5.73 Å². The average molecular weight is 251 g/mol. The number of hydrogen-bond acceptors (Lipinski definition) is 2. The fraction of sp³-hybridized carbons (Fsp3) is 0.500. The summed E-state index contributed by atoms with van der Waals surface area (Å²) >= 11 is 0. The number of carbonyl (C=O) groups excluding carboxylic acids is 1. The van der Waals surface area contributed by atoms with E-state index >= 15 is 0 Å². The Morgan fingerprint density at radius 1 is 1.29 bits per heavy atom. The van der Waals surface area contributed by atoms with Crippen molar-refractivity contribution in [1.82, 2.24) is 0 Å². The van der Waals surface area contributed by atoms with Gasteiger partial charge in [0.1, 0.15) is 0 Å². The van der Waals surface area contributed by atoms with Crippen molar-refractivity contribution < 1.29 is 4.79 Å². The lowest BCUT2D eigenvalue weighted by Gasteiger charge is -2.21. The van der Waals surface area contributed by atoms with Crippen molar-refractivity contribution in [2.45, 2.75) is 39.7 Å². The highest BCUT2D eigenvalue weighted by Crippen LogP contribution is 2.26. The maximum Gasteiger partial charge on any atom is 0.178 e. The van der Waals surface area contributed by atoms with Gasteiger partial charge in [0, 0.05) is 11.6 Å². The first-order chi connectivity index (χ1) is 7.79. The molecule has 1 aromatic rings. The SMILES string of the molecule is CC(C)(C)CCC(N)c1ccc(C(=O)P)cc1. The molecule has 1 aromatic carbocycles. The Labute approximate surface area is 106 Å². The van der Waals surface area contributed by atoms with E-state index in [0.717, 1.165) is 18.4 Å². The summed E-state index contributed by atoms with van der Waals surface area (Å²) in [7, 11) is 2.18. The van der Waals surface area contributed by atoms with Gasteiger partial charge in [-0.1, -0.05) is 54.3 Å². The molecule has 0 heterocycles. The minimum absolute atomic E-state index is 0.0137. The van der Waals surface area contributed by atoms with E-state index in [0.29, 0.717) is 11.0 Å². The lowest BCUT2D eigenvalue weighted by atomic mass is 9.87. The van der Waals surface area contributed by atoms with E-state index in [1.54, 1.807) is 0 Å². The van der Waals surface area contributed by atoms with Gasteiger partial charge >= 0.3 is 0 Å². The summed E-state index contributed by atoms with van der Waals surface area (Å²) in [4.78, 5) is 11.1. The predicted octanol–water partition coefficient (Wildman–Crippen LogP) is 3.53. The third-order valence-corrected chi connectivity index (χ3v) is 3.16. The van der Waals surface area contributed by atoms with E-state index < -0.39 is 0 Å². The molecule has 3 heteroatoms. The Hall–Kier alpha value is -0.720. The van der Waals surface area contributed by atoms with Crippen molar-refractivity contribution in [3.05, 3.63) is 35.4 Å². The second-order valence-corrected chi connectivity index (χ2v) is 6.22. The molecule has 0 aliphatic rings. The molecule has 0 bridgehead atoms. The molecule has 2 N–H and O–H groups in total. The van der Waals surface area contributed by atoms with E-state index in [1.165, 1.54) is 0 Å². The molecule has 0 radical (unpaired) electrons. The first kappa shape index (κ1) is 14.3. The summed E-state index contributed by atoms with van der Waals surface area (Å²) in [6.07, 6.45) is 2.07. The molecular formula is C14H22NOP. The Balaban J connectivity index is 2.63. The third kappa shape index (κ3) is 4.97. The molecule has 2 nitrogen and oxygen atoms in total. The summed E-state index contributed by atoms with van der Waals surface area (Å²) in [5, 5.41) is 0. The smallest absolute Gasteiger partial charge is 0.178 e. The molecular weight excluding hydrogens is 229 g/mol. The maximum absolute atomic E-state index is 11.1. The van der Waals surface area contributed by atoms with Crippen LogP contribution in [-0.4, -0.2) is 5.52 Å². The normalized spacial score (nSPS) is 13.5. The summed E-state index contributed by atoms with van der Waals surface area (Å²) in [6, 6.07) is 7.63. The molecule has 94 valence electrons. The number of rotatable bonds is 4. The zero-order valence-corrected chi connectivity index (χ0v) is 12.0. The lowest BCUT2D eigenvalue weighted by Crippen LogP contribution is -2.14. The van der Waals surface area contributed by atoms with Gasteiger partial charge in [0.25, 0.3) is 0 Å². The summed E-state index contributed by atoms with van der Waals surface area (Å²) in [6.45, 7) is 6.65. The van der Waals surface area contributed by atoms with Gasteiger partial charge in [0.15, 0.2) is 5.52 Å². The Kier molecular flexibility index (Phi) is 4.85. The second kappa shape index (κ2) is 5.75. The van der Waals surface area contributed by atoms with Crippen molar-refractivity contribution >= 4 is 14.8 Å². The van der Waals surface area contributed by atoms with E-state index in [9.17, 15) is 4.79 Å². The van der Waals surface area contributed by atoms with Crippen LogP contribution in [0.4, 0.5) is 0 Å². The van der Waals surface area contributed by atoms with Crippen LogP contribution in [0.25, 0.3) is 0 Å². The molecule has 0 amide bonds. The number of hydrogen-bond donors (Lipinski definition) is 1. The summed E-state index contributed by atoms with van der Waals surface area (Å²) < 4.78 is 0. The Morgan fingerprint density at radius 2 is 1.82 bits per heavy atom. The zero-order valence-electron chi connectivity index (χ0n) is 10.9. The van der Waals surface area contributed by atoms with Crippen molar-refractivity contribution in [2.24, 2.45) is 11.1 Å². The van der Waals surface area contributed by atoms with Gasteiger partial charge in [-0.3, -0.25) is 4.79 Å². The Bertz CT molecular complexity index is 378. The van der Waals surface area contributed by atoms with Crippen LogP contribution in [0.3, 0.4) is 0 Å². The number of carbonyl (C=O) groups is 1. The van der Waals surface area contributed by atoms with Crippen molar-refractivity contribution in [2.75, 3.05) is 0 Å². The number of nitrogens with two attached hydrogens (primary N) is 1. The highest BCUT2D eigenvalue weighted by molar-refractivity contribution is 7.41. The van der Waals surface area contributed by atoms with E-state index in [-0.39, 0.29) is 11.6 Å². The third-order valence-electron chi connectivity index (χ3n) is 2.83. The van der Waals surface area contributed by atoms with Crippen LogP contribution in [0.5, 0.6) is 0 Å². The highest BCUT2D eigenvalue weighted by atomic mass is 31.0. The first-order valence-electron chi connectivity index (χ1n) is 5.95. The van der Waals surface area contributed by atoms with Crippen LogP contribution < -0.4 is 5.73 Å². The maximum atomic E-state index is 11.1. The summed E-state index contributed by atoms with van der Waals surface area (Å²) in [5.74, 6) is 0. The van der Waals surface area contributed by atoms with Gasteiger partial charge in [0.05, 0.1) is 0 Å². The first-order valence-corrected chi connectivity index (χ1v) is 6.53. The molecule has 2 atom stereocenters. The fourth-order valence-electron chi connectivity index (χ4n) is 1.65. The van der Waals surface area contributed by atoms with E-state index in [4.69, 9.17) is 5.73 Å². The van der Waals surface area contributed by atoms with Gasteiger partial charge in [0.2, 0.25) is 0 Å². The lowest BCUT2D eigenvalue weighted by molar-refractivity contribution is 0.108. The fourth-order valence-corrected chi connectivity index (χ4v) is 1.84. The topological polar surface area (TPSA) is 43.1 Å². The minimum atomic E-state index is 0.0137. The van der Waals surface area contributed by atoms with Crippen LogP contribution in [0.1, 0.15) is 55.6 Å². The average Bonchev–Trinajstić information content (AvgIpc) is 2.25. The summed E-state index contributed by atoms with van der Waals surface area (Å²) in [5.41, 5.74) is 8.28. The van der Waals surface area contributed by atoms with Crippen molar-refractivity contribution in [3.63, 3.8) is 0 Å². The van der Waals surface area contributed by atoms with Gasteiger partial charge in [-0.15, -0.1) is 0 Å². The zero-order chi connectivity index (χ0) is 13.1. The molecule has 0 saturated heterocycles. The Morgan fingerprint density at radius 3 is 2.24 bits per heavy atom. The van der Waals surface area contributed by atoms with Crippen LogP contribution >= 0.6 is 9.24 Å². The van der Waals surface area contributed by atoms with Crippen molar-refractivity contribution in [1.29, 1.82) is 0 Å². The minimum Gasteiger partial charge on any atom is -0.324 e. The van der Waals surface area contributed by atoms with Gasteiger partial charge in [-0.05, 0) is 23.8 Å². The molecule has 1 rings (SSSR count). The standard InChI is InChI=1S/C14H22NOP/c1-14(2,3)9-8-12(15)10-4-6-11(7-5-10)13(16)17/h4-7,12H,8-9,15,17H2,1-3H3. The molecule has 0 saturated carbocycles. The highest BCUT2D eigenvalue weighted by Gasteiger charge is 2.14. The monoisotopic (exact) mass is 251 g/mol. The molecule has 17 heavy (non-hydrogen) atoms. The van der Waals surface area contributed by atoms with Crippen LogP contribution in [-0.2, 0) is 0 Å². The van der Waals surface area contributed by atoms with Crippen LogP contribution in [0, 0.1) is 5.41 Å². The molecule has 0 fully saturated rings. The molecule has 0 spiro atoms. The number of benzene rings is 1. The second-order valence-electron chi connectivity index (χ2n) is 5.69. The molecule has 2 unspecified atom stereocenters. The van der Waals surface area contributed by atoms with E-state index in [1.807, 2.05) is 24.3 Å². The van der Waals surface area contributed by atoms with Crippen LogP contribution in [0.2, 0.25) is 0 Å². The molecule has 0 aliphatic carbocycles. The van der Waals surface area contributed by atoms with Gasteiger partial charge in [-0.25, -0.2) is 0 Å². The predicted molar refractivity (Wildman–Crippen MR) is 76.1 cm³/mol. The van der Waals surface area contributed by atoms with E-state index in [2.05, 4.69) is 30.0 Å². The van der Waals surface area contributed by atoms with Crippen molar-refractivity contribution in [3.8, 4) is 0 Å². The van der Waals surface area contributed by atoms with Gasteiger partial charge in [-0.2, -0.15) is 0 Å². The quantitative estimate of drug-likeness (QED) is 0.832. The largest absolute Gasteiger partial charge is 0.324 e. The molecule has 0 aromatic heterocycles. The van der Waals surface area contributed by atoms with Crippen LogP contribution in [0.15, 0.2) is 24.3 Å². The molecule has 0 aliphatic heterocycles.